The molecule has 0 bridgehead atoms. The van der Waals surface area contributed by atoms with Crippen LogP contribution in [-0.4, -0.2) is 35.0 Å². The highest BCUT2D eigenvalue weighted by atomic mass is 16.7. The second-order valence-corrected chi connectivity index (χ2v) is 3.68. The summed E-state index contributed by atoms with van der Waals surface area (Å²) in [5.41, 5.74) is 0.655. The van der Waals surface area contributed by atoms with Gasteiger partial charge in [-0.25, -0.2) is 0 Å². The summed E-state index contributed by atoms with van der Waals surface area (Å²) in [6, 6.07) is 6.15. The predicted molar refractivity (Wildman–Crippen MR) is 56.9 cm³/mol. The molecular weight excluding hydrogens is 224 g/mol. The molecule has 0 radical (unpaired) electrons. The van der Waals surface area contributed by atoms with E-state index in [-0.39, 0.29) is 5.78 Å². The van der Waals surface area contributed by atoms with Crippen LogP contribution in [-0.2, 0) is 9.63 Å². The minimum atomic E-state index is -1.23. The van der Waals surface area contributed by atoms with E-state index in [4.69, 9.17) is 9.57 Å². The highest BCUT2D eigenvalue weighted by Gasteiger charge is 2.45. The first kappa shape index (κ1) is 11.5. The van der Waals surface area contributed by atoms with Crippen molar-refractivity contribution >= 4 is 11.5 Å². The summed E-state index contributed by atoms with van der Waals surface area (Å²) in [5, 5.41) is 13.2. The number of methoxy groups -OCH3 is 1. The first-order valence-corrected chi connectivity index (χ1v) is 5.12. The molecule has 6 heteroatoms. The molecular formula is C11H13N2O4+. The summed E-state index contributed by atoms with van der Waals surface area (Å²) in [6.45, 7) is 1.38. The van der Waals surface area contributed by atoms with Gasteiger partial charge in [0.1, 0.15) is 5.75 Å². The summed E-state index contributed by atoms with van der Waals surface area (Å²) in [6.07, 6.45) is -1.23. The molecule has 1 aromatic rings. The van der Waals surface area contributed by atoms with Crippen LogP contribution in [0.4, 0.5) is 5.69 Å². The Hall–Kier alpha value is -1.95. The fourth-order valence-corrected chi connectivity index (χ4v) is 1.64. The molecule has 6 nitrogen and oxygen atoms in total. The second kappa shape index (κ2) is 4.50. The van der Waals surface area contributed by atoms with Crippen molar-refractivity contribution in [3.05, 3.63) is 24.3 Å². The Bertz CT molecular complexity index is 455. The van der Waals surface area contributed by atoms with Gasteiger partial charge in [0.05, 0.1) is 7.11 Å². The number of ether oxygens (including phenoxy) is 1. The van der Waals surface area contributed by atoms with Gasteiger partial charge in [-0.2, -0.15) is 0 Å². The van der Waals surface area contributed by atoms with Crippen LogP contribution in [0.5, 0.6) is 5.75 Å². The molecule has 2 unspecified atom stereocenters. The zero-order valence-corrected chi connectivity index (χ0v) is 9.53. The van der Waals surface area contributed by atoms with Crippen LogP contribution >= 0.6 is 0 Å². The largest absolute Gasteiger partial charge is 0.497 e. The molecule has 90 valence electrons. The molecule has 0 saturated carbocycles. The third-order valence-corrected chi connectivity index (χ3v) is 2.53. The summed E-state index contributed by atoms with van der Waals surface area (Å²) < 4.78 is 6.38. The van der Waals surface area contributed by atoms with Crippen LogP contribution < -0.4 is 4.74 Å². The molecule has 1 N–H and O–H groups in total. The molecule has 0 spiro atoms. The van der Waals surface area contributed by atoms with Gasteiger partial charge in [0.25, 0.3) is 0 Å². The number of ketones is 1. The number of nitrogens with zero attached hydrogens (tertiary/aromatic N) is 2. The Kier molecular flexibility index (Phi) is 3.06. The molecule has 1 aliphatic heterocycles. The number of benzene rings is 1. The third-order valence-electron chi connectivity index (χ3n) is 2.53. The van der Waals surface area contributed by atoms with Crippen molar-refractivity contribution in [2.45, 2.75) is 19.3 Å². The lowest BCUT2D eigenvalue weighted by molar-refractivity contribution is -0.533. The number of aliphatic hydroxyl groups excluding tert-OH is 1. The monoisotopic (exact) mass is 237 g/mol. The molecule has 17 heavy (non-hydrogen) atoms. The standard InChI is InChI=1S/C11H13N2O4/c1-7(14)10-11(15)17-12-13(10)8-3-5-9(16-2)6-4-8/h3-6,10-11,15H,1-2H3/q+1. The number of rotatable bonds is 3. The van der Waals surface area contributed by atoms with E-state index in [0.717, 1.165) is 0 Å². The van der Waals surface area contributed by atoms with Gasteiger partial charge < -0.3 is 14.7 Å². The first-order valence-electron chi connectivity index (χ1n) is 5.12. The van der Waals surface area contributed by atoms with Crippen LogP contribution in [0.15, 0.2) is 29.5 Å². The van der Waals surface area contributed by atoms with Crippen molar-refractivity contribution in [1.29, 1.82) is 0 Å². The molecule has 1 aromatic carbocycles. The number of aliphatic hydroxyl groups is 1. The normalized spacial score (nSPS) is 22.9. The van der Waals surface area contributed by atoms with E-state index in [0.29, 0.717) is 11.4 Å². The van der Waals surface area contributed by atoms with Gasteiger partial charge in [-0.05, 0) is 16.8 Å². The molecule has 0 saturated heterocycles. The maximum absolute atomic E-state index is 11.4. The van der Waals surface area contributed by atoms with Crippen molar-refractivity contribution in [2.24, 2.45) is 5.28 Å². The third kappa shape index (κ3) is 2.12. The minimum Gasteiger partial charge on any atom is -0.497 e. The highest BCUT2D eigenvalue weighted by molar-refractivity contribution is 5.80. The van der Waals surface area contributed by atoms with Crippen molar-refractivity contribution < 1.29 is 24.2 Å². The van der Waals surface area contributed by atoms with E-state index >= 15 is 0 Å². The molecule has 1 aliphatic rings. The topological polar surface area (TPSA) is 71.1 Å². The lowest BCUT2D eigenvalue weighted by atomic mass is 10.2. The number of carbonyl (C=O) groups excluding carboxylic acids is 1. The van der Waals surface area contributed by atoms with Gasteiger partial charge in [0.15, 0.2) is 5.28 Å². The van der Waals surface area contributed by atoms with Gasteiger partial charge in [0.2, 0.25) is 11.5 Å². The van der Waals surface area contributed by atoms with Gasteiger partial charge in [-0.3, -0.25) is 4.79 Å². The van der Waals surface area contributed by atoms with Gasteiger partial charge >= 0.3 is 12.3 Å². The second-order valence-electron chi connectivity index (χ2n) is 3.68. The van der Waals surface area contributed by atoms with E-state index in [1.165, 1.54) is 11.6 Å². The van der Waals surface area contributed by atoms with Crippen LogP contribution in [0.1, 0.15) is 6.92 Å². The lowest BCUT2D eigenvalue weighted by Crippen LogP contribution is -2.35. The number of Topliss-reactive ketones (excluding diaryl/α,β-unsaturated/α-hetero) is 1. The van der Waals surface area contributed by atoms with Crippen molar-refractivity contribution in [2.75, 3.05) is 7.11 Å². The summed E-state index contributed by atoms with van der Waals surface area (Å²) in [4.78, 5) is 16.1. The Morgan fingerprint density at radius 3 is 2.65 bits per heavy atom. The van der Waals surface area contributed by atoms with Gasteiger partial charge in [-0.1, -0.05) is 0 Å². The quantitative estimate of drug-likeness (QED) is 0.796. The molecule has 1 heterocycles. The van der Waals surface area contributed by atoms with E-state index in [1.807, 2.05) is 0 Å². The molecule has 2 atom stereocenters. The highest BCUT2D eigenvalue weighted by Crippen LogP contribution is 2.25. The average Bonchev–Trinajstić information content (AvgIpc) is 2.71. The molecule has 0 aromatic heterocycles. The van der Waals surface area contributed by atoms with Crippen LogP contribution in [0.25, 0.3) is 0 Å². The number of carbonyl (C=O) groups is 1. The van der Waals surface area contributed by atoms with E-state index in [1.54, 1.807) is 31.4 Å². The molecule has 0 amide bonds. The average molecular weight is 237 g/mol. The summed E-state index contributed by atoms with van der Waals surface area (Å²) in [7, 11) is 1.57. The van der Waals surface area contributed by atoms with Crippen molar-refractivity contribution in [3.63, 3.8) is 0 Å². The van der Waals surface area contributed by atoms with Crippen molar-refractivity contribution in [3.8, 4) is 5.75 Å². The Morgan fingerprint density at radius 1 is 1.47 bits per heavy atom. The molecule has 0 aliphatic carbocycles. The Balaban J connectivity index is 2.29. The lowest BCUT2D eigenvalue weighted by Gasteiger charge is -2.04. The SMILES string of the molecule is COc1ccc([N+]2=NOC(O)C2C(C)=O)cc1. The predicted octanol–water partition coefficient (Wildman–Crippen LogP) is 1.01. The van der Waals surface area contributed by atoms with Crippen molar-refractivity contribution in [1.82, 2.24) is 0 Å². The molecule has 0 fully saturated rings. The smallest absolute Gasteiger partial charge is 0.308 e. The van der Waals surface area contributed by atoms with Crippen LogP contribution in [0, 0.1) is 0 Å². The number of hydrogen-bond donors (Lipinski definition) is 1. The van der Waals surface area contributed by atoms with E-state index in [2.05, 4.69) is 5.28 Å². The maximum Gasteiger partial charge on any atom is 0.308 e. The Morgan fingerprint density at radius 2 is 2.12 bits per heavy atom. The van der Waals surface area contributed by atoms with Crippen LogP contribution in [0.2, 0.25) is 0 Å². The fraction of sp³-hybridized carbons (Fsp3) is 0.364. The van der Waals surface area contributed by atoms with Gasteiger partial charge in [-0.15, -0.1) is 0 Å². The summed E-state index contributed by atoms with van der Waals surface area (Å²) in [5.74, 6) is 0.489. The van der Waals surface area contributed by atoms with E-state index < -0.39 is 12.3 Å². The molecule has 2 rings (SSSR count). The number of hydrogen-bond acceptors (Lipinski definition) is 5. The van der Waals surface area contributed by atoms with E-state index in [9.17, 15) is 9.90 Å². The van der Waals surface area contributed by atoms with Crippen LogP contribution in [0.3, 0.4) is 0 Å². The zero-order valence-electron chi connectivity index (χ0n) is 9.53. The Labute approximate surface area is 98.0 Å². The fourth-order valence-electron chi connectivity index (χ4n) is 1.64. The summed E-state index contributed by atoms with van der Waals surface area (Å²) >= 11 is 0. The first-order chi connectivity index (χ1) is 8.13. The zero-order chi connectivity index (χ0) is 12.4. The maximum atomic E-state index is 11.4. The minimum absolute atomic E-state index is 0.213. The van der Waals surface area contributed by atoms with Gasteiger partial charge in [0, 0.05) is 19.1 Å².